The van der Waals surface area contributed by atoms with Crippen molar-refractivity contribution in [1.29, 1.82) is 0 Å². The summed E-state index contributed by atoms with van der Waals surface area (Å²) in [6, 6.07) is 0.663. The average molecular weight is 506 g/mol. The van der Waals surface area contributed by atoms with Gasteiger partial charge in [0.1, 0.15) is 0 Å². The Morgan fingerprint density at radius 1 is 0.484 bits per heavy atom. The Morgan fingerprint density at radius 3 is 1.19 bits per heavy atom. The van der Waals surface area contributed by atoms with Crippen molar-refractivity contribution in [2.45, 2.75) is 0 Å². The number of rotatable bonds is 6. The number of fused-ring (bicyclic) bond motifs is 1. The normalized spacial score (nSPS) is 9.42. The Morgan fingerprint density at radius 2 is 0.871 bits per heavy atom. The predicted molar refractivity (Wildman–Crippen MR) is 87.2 cm³/mol. The molecule has 0 saturated carbocycles. The maximum atomic E-state index is 11.5. The Hall–Kier alpha value is -0.701. The van der Waals surface area contributed by atoms with Crippen molar-refractivity contribution in [1.82, 2.24) is 0 Å². The monoisotopic (exact) mass is 506 g/mol. The van der Waals surface area contributed by atoms with Gasteiger partial charge in [-0.15, -0.1) is 0 Å². The first kappa shape index (κ1) is 32.5. The summed E-state index contributed by atoms with van der Waals surface area (Å²) in [4.78, 5) is 68.0. The van der Waals surface area contributed by atoms with E-state index >= 15 is 0 Å². The molecule has 0 radical (unpaired) electrons. The van der Waals surface area contributed by atoms with Gasteiger partial charge in [-0.3, -0.25) is 0 Å². The summed E-state index contributed by atoms with van der Waals surface area (Å²) in [5.74, 6) is -14.2. The number of carbonyl (C=O) groups excluding carboxylic acids is 6. The Labute approximate surface area is 260 Å². The summed E-state index contributed by atoms with van der Waals surface area (Å²) in [5.41, 5.74) is -8.95. The molecule has 0 fully saturated rings. The summed E-state index contributed by atoms with van der Waals surface area (Å²) in [6.45, 7) is 0. The van der Waals surface area contributed by atoms with Gasteiger partial charge in [0.25, 0.3) is 0 Å². The molecule has 2 rings (SSSR count). The van der Waals surface area contributed by atoms with Gasteiger partial charge in [-0.2, -0.15) is 0 Å². The van der Waals surface area contributed by atoms with Crippen LogP contribution in [0.5, 0.6) is 0 Å². The molecule has 0 atom stereocenters. The molecular formula is C16H2Ca3O12. The Kier molecular flexibility index (Phi) is 13.1. The van der Waals surface area contributed by atoms with Crippen molar-refractivity contribution in [3.05, 3.63) is 45.5 Å². The van der Waals surface area contributed by atoms with Crippen molar-refractivity contribution < 1.29 is 59.4 Å². The van der Waals surface area contributed by atoms with Crippen LogP contribution >= 0.6 is 0 Å². The molecule has 15 heteroatoms. The summed E-state index contributed by atoms with van der Waals surface area (Å²) in [5, 5.41) is 65.7. The third kappa shape index (κ3) is 6.21. The van der Waals surface area contributed by atoms with Gasteiger partial charge in [-0.1, -0.05) is 0 Å². The third-order valence-corrected chi connectivity index (χ3v) is 3.68. The topological polar surface area (TPSA) is 241 Å². The standard InChI is InChI=1S/C16H8O12.3Ca/c17-11(18)3-1-4-6(5(2-3)12(19)20)8(14(23)24)10(16(27)28)9(15(25)26)7(4)13(21)22;;;/h1-2H,(H,17,18)(H,19,20)(H,21,22)(H,23,24)(H,25,26)(H,27,28);;;/q;3*+2/p-6. The molecule has 0 aliphatic rings. The SMILES string of the molecule is O=C([O-])c1cc(C(=O)[O-])c2c(C(=O)[O-])c(C(=O)[O-])c(C(=O)[O-])c(C(=O)[O-])c2c1.[Ca+2].[Ca+2].[Ca+2]. The minimum absolute atomic E-state index is 0. The van der Waals surface area contributed by atoms with Crippen LogP contribution in [0.25, 0.3) is 10.8 Å². The van der Waals surface area contributed by atoms with E-state index in [1.54, 1.807) is 0 Å². The molecule has 0 heterocycles. The average Bonchev–Trinajstić information content (AvgIpc) is 2.57. The fraction of sp³-hybridized carbons (Fsp3) is 0. The first-order valence-corrected chi connectivity index (χ1v) is 6.85. The summed E-state index contributed by atoms with van der Waals surface area (Å²) in [7, 11) is 0. The van der Waals surface area contributed by atoms with Gasteiger partial charge in [-0.25, -0.2) is 0 Å². The summed E-state index contributed by atoms with van der Waals surface area (Å²) >= 11 is 0. The van der Waals surface area contributed by atoms with Crippen LogP contribution in [-0.2, 0) is 0 Å². The molecule has 0 aromatic heterocycles. The molecule has 2 aromatic rings. The van der Waals surface area contributed by atoms with Gasteiger partial charge in [0.15, 0.2) is 0 Å². The van der Waals surface area contributed by atoms with Crippen LogP contribution in [0.15, 0.2) is 12.1 Å². The third-order valence-electron chi connectivity index (χ3n) is 3.68. The number of carboxylic acids is 6. The molecule has 0 bridgehead atoms. The zero-order valence-electron chi connectivity index (χ0n) is 15.2. The fourth-order valence-corrected chi connectivity index (χ4v) is 2.72. The molecule has 0 N–H and O–H groups in total. The molecule has 0 aliphatic heterocycles. The van der Waals surface area contributed by atoms with E-state index in [1.165, 1.54) is 0 Å². The van der Waals surface area contributed by atoms with Crippen molar-refractivity contribution in [2.75, 3.05) is 0 Å². The van der Waals surface area contributed by atoms with Crippen molar-refractivity contribution >= 4 is 160 Å². The molecule has 0 spiro atoms. The van der Waals surface area contributed by atoms with Gasteiger partial charge in [-0.05, 0) is 23.1 Å². The first-order valence-electron chi connectivity index (χ1n) is 6.85. The van der Waals surface area contributed by atoms with Crippen LogP contribution in [0.2, 0.25) is 0 Å². The molecule has 0 saturated heterocycles. The smallest absolute Gasteiger partial charge is 0.545 e. The van der Waals surface area contributed by atoms with Gasteiger partial charge < -0.3 is 59.4 Å². The molecule has 144 valence electrons. The number of hydrogen-bond donors (Lipinski definition) is 0. The number of benzene rings is 2. The minimum atomic E-state index is -2.52. The van der Waals surface area contributed by atoms with Crippen molar-refractivity contribution in [3.63, 3.8) is 0 Å². The molecule has 0 unspecified atom stereocenters. The van der Waals surface area contributed by atoms with E-state index < -0.39 is 80.0 Å². The largest absolute Gasteiger partial charge is 2.00 e. The van der Waals surface area contributed by atoms with Gasteiger partial charge in [0, 0.05) is 33.2 Å². The maximum absolute atomic E-state index is 11.5. The van der Waals surface area contributed by atoms with E-state index in [0.29, 0.717) is 12.1 Å². The van der Waals surface area contributed by atoms with E-state index in [1.807, 2.05) is 0 Å². The number of aromatic carboxylic acids is 6. The molecule has 31 heavy (non-hydrogen) atoms. The van der Waals surface area contributed by atoms with Crippen molar-refractivity contribution in [2.24, 2.45) is 0 Å². The zero-order chi connectivity index (χ0) is 21.5. The summed E-state index contributed by atoms with van der Waals surface area (Å²) in [6.07, 6.45) is 0. The van der Waals surface area contributed by atoms with Crippen LogP contribution in [0.4, 0.5) is 0 Å². The Bertz CT molecular complexity index is 1140. The van der Waals surface area contributed by atoms with E-state index in [4.69, 9.17) is 0 Å². The summed E-state index contributed by atoms with van der Waals surface area (Å²) < 4.78 is 0. The fourth-order valence-electron chi connectivity index (χ4n) is 2.72. The molecule has 0 amide bonds. The predicted octanol–water partition coefficient (Wildman–Crippen LogP) is -8.12. The quantitative estimate of drug-likeness (QED) is 0.332. The first-order chi connectivity index (χ1) is 12.9. The van der Waals surface area contributed by atoms with Crippen molar-refractivity contribution in [3.8, 4) is 0 Å². The van der Waals surface area contributed by atoms with E-state index in [-0.39, 0.29) is 113 Å². The van der Waals surface area contributed by atoms with E-state index in [0.717, 1.165) is 0 Å². The molecular weight excluding hydrogens is 504 g/mol. The maximum Gasteiger partial charge on any atom is 2.00 e. The number of carbonyl (C=O) groups is 6. The van der Waals surface area contributed by atoms with Crippen LogP contribution in [0.1, 0.15) is 62.1 Å². The zero-order valence-corrected chi connectivity index (χ0v) is 21.8. The van der Waals surface area contributed by atoms with Crippen LogP contribution in [0.3, 0.4) is 0 Å². The second-order valence-electron chi connectivity index (χ2n) is 5.17. The molecule has 2 aromatic carbocycles. The van der Waals surface area contributed by atoms with Gasteiger partial charge in [0.05, 0.1) is 35.8 Å². The number of hydrogen-bond acceptors (Lipinski definition) is 12. The van der Waals surface area contributed by atoms with Gasteiger partial charge in [0.2, 0.25) is 0 Å². The second-order valence-corrected chi connectivity index (χ2v) is 5.17. The van der Waals surface area contributed by atoms with Crippen LogP contribution in [0, 0.1) is 0 Å². The van der Waals surface area contributed by atoms with E-state index in [2.05, 4.69) is 0 Å². The molecule has 0 aliphatic carbocycles. The molecule has 12 nitrogen and oxygen atoms in total. The Balaban J connectivity index is 0. The van der Waals surface area contributed by atoms with Crippen LogP contribution < -0.4 is 30.6 Å². The van der Waals surface area contributed by atoms with E-state index in [9.17, 15) is 59.4 Å². The number of carboxylic acid groups (broad SMARTS) is 6. The van der Waals surface area contributed by atoms with Gasteiger partial charge >= 0.3 is 113 Å². The van der Waals surface area contributed by atoms with Crippen LogP contribution in [-0.4, -0.2) is 149 Å². The minimum Gasteiger partial charge on any atom is -0.545 e. The second kappa shape index (κ2) is 12.5.